The van der Waals surface area contributed by atoms with Crippen LogP contribution in [0.3, 0.4) is 0 Å². The van der Waals surface area contributed by atoms with Crippen LogP contribution in [0, 0.1) is 0 Å². The number of carbonyl (C=O) groups is 1. The number of nitrogens with two attached hydrogens (primary N) is 1. The van der Waals surface area contributed by atoms with Crippen LogP contribution >= 0.6 is 0 Å². The molecule has 0 aliphatic carbocycles. The topological polar surface area (TPSA) is 102 Å². The molecule has 7 nitrogen and oxygen atoms in total. The summed E-state index contributed by atoms with van der Waals surface area (Å²) in [5.41, 5.74) is 5.25. The van der Waals surface area contributed by atoms with Crippen molar-refractivity contribution in [2.75, 3.05) is 0 Å². The quantitative estimate of drug-likeness (QED) is 0.627. The molecule has 0 saturated carbocycles. The third-order valence-electron chi connectivity index (χ3n) is 3.07. The summed E-state index contributed by atoms with van der Waals surface area (Å²) in [6.45, 7) is 4.90. The fraction of sp³-hybridized carbons (Fsp3) is 0.294. The largest absolute Gasteiger partial charge is 0.443 e. The Morgan fingerprint density at radius 2 is 1.85 bits per heavy atom. The number of hydrogen-bond donors (Lipinski definition) is 2. The average molecular weight is 381 g/mol. The number of fused-ring (bicyclic) bond motifs is 1. The molecule has 1 heterocycles. The van der Waals surface area contributed by atoms with Gasteiger partial charge in [-0.15, -0.1) is 0 Å². The van der Waals surface area contributed by atoms with Gasteiger partial charge in [0.2, 0.25) is 0 Å². The summed E-state index contributed by atoms with van der Waals surface area (Å²) < 4.78 is 44.3. The summed E-state index contributed by atoms with van der Waals surface area (Å²) in [7, 11) is 0. The molecule has 0 aliphatic rings. The number of para-hydroxylation sites is 2. The molecule has 1 aromatic heterocycles. The second-order valence-corrected chi connectivity index (χ2v) is 6.44. The molecule has 27 heavy (non-hydrogen) atoms. The van der Waals surface area contributed by atoms with E-state index in [0.29, 0.717) is 11.0 Å². The third kappa shape index (κ3) is 5.66. The normalized spacial score (nSPS) is 13.6. The molecule has 0 spiro atoms. The van der Waals surface area contributed by atoms with Crippen LogP contribution in [0.4, 0.5) is 18.0 Å². The average Bonchev–Trinajstić information content (AvgIpc) is 2.55. The summed E-state index contributed by atoms with van der Waals surface area (Å²) in [4.78, 5) is 19.8. The van der Waals surface area contributed by atoms with E-state index in [2.05, 4.69) is 15.1 Å². The number of carbonyl (C=O) groups excluding carboxylic acids is 1. The van der Waals surface area contributed by atoms with Gasteiger partial charge in [-0.25, -0.2) is 15.2 Å². The molecule has 2 rings (SSSR count). The Balaban J connectivity index is 2.37. The van der Waals surface area contributed by atoms with E-state index in [-0.39, 0.29) is 5.69 Å². The van der Waals surface area contributed by atoms with Gasteiger partial charge in [-0.2, -0.15) is 18.3 Å². The number of halogens is 3. The smallest absolute Gasteiger partial charge is 0.431 e. The number of hydrogen-bond acceptors (Lipinski definition) is 6. The molecule has 0 unspecified atom stereocenters. The fourth-order valence-corrected chi connectivity index (χ4v) is 1.96. The van der Waals surface area contributed by atoms with Crippen molar-refractivity contribution < 1.29 is 22.7 Å². The first-order valence-corrected chi connectivity index (χ1v) is 7.78. The summed E-state index contributed by atoms with van der Waals surface area (Å²) in [5, 5.41) is 3.49. The van der Waals surface area contributed by atoms with Crippen LogP contribution < -0.4 is 11.2 Å². The standard InChI is InChI=1S/C17H18F3N5O2/c1-16(2,3)27-15(26)25-23-8-10(14(21)17(18,19)20)13-9-22-11-6-4-5-7-12(11)24-13/h4-9H,21H2,1-3H3,(H,25,26). The predicted molar refractivity (Wildman–Crippen MR) is 94.6 cm³/mol. The Kier molecular flexibility index (Phi) is 5.67. The Bertz CT molecular complexity index is 901. The fourth-order valence-electron chi connectivity index (χ4n) is 1.96. The highest BCUT2D eigenvalue weighted by Crippen LogP contribution is 2.27. The van der Waals surface area contributed by atoms with Crippen molar-refractivity contribution >= 4 is 28.9 Å². The van der Waals surface area contributed by atoms with Crippen LogP contribution in [-0.2, 0) is 4.74 Å². The van der Waals surface area contributed by atoms with Gasteiger partial charge in [-0.05, 0) is 32.9 Å². The van der Waals surface area contributed by atoms with Gasteiger partial charge in [0.15, 0.2) is 0 Å². The van der Waals surface area contributed by atoms with E-state index >= 15 is 0 Å². The van der Waals surface area contributed by atoms with Crippen LogP contribution in [0.1, 0.15) is 26.5 Å². The zero-order valence-electron chi connectivity index (χ0n) is 14.8. The van der Waals surface area contributed by atoms with Gasteiger partial charge in [0.25, 0.3) is 0 Å². The predicted octanol–water partition coefficient (Wildman–Crippen LogP) is 3.37. The lowest BCUT2D eigenvalue weighted by molar-refractivity contribution is -0.0919. The maximum absolute atomic E-state index is 13.1. The molecule has 1 aromatic carbocycles. The Hall–Kier alpha value is -3.17. The highest BCUT2D eigenvalue weighted by atomic mass is 19.4. The lowest BCUT2D eigenvalue weighted by atomic mass is 10.1. The van der Waals surface area contributed by atoms with Crippen LogP contribution in [0.25, 0.3) is 16.6 Å². The van der Waals surface area contributed by atoms with E-state index in [4.69, 9.17) is 10.5 Å². The SMILES string of the molecule is CC(C)(C)OC(=O)NN=CC(=C(N)C(F)(F)F)c1cnc2ccccc2n1. The molecule has 2 aromatic rings. The summed E-state index contributed by atoms with van der Waals surface area (Å²) >= 11 is 0. The molecule has 144 valence electrons. The van der Waals surface area contributed by atoms with Crippen LogP contribution in [0.2, 0.25) is 0 Å². The number of alkyl halides is 3. The van der Waals surface area contributed by atoms with Crippen molar-refractivity contribution in [3.8, 4) is 0 Å². The van der Waals surface area contributed by atoms with Crippen LogP contribution in [0.15, 0.2) is 41.3 Å². The van der Waals surface area contributed by atoms with Crippen molar-refractivity contribution in [2.24, 2.45) is 10.8 Å². The maximum atomic E-state index is 13.1. The molecule has 0 saturated heterocycles. The summed E-state index contributed by atoms with van der Waals surface area (Å²) in [6, 6.07) is 6.67. The molecular formula is C17H18F3N5O2. The second kappa shape index (κ2) is 7.60. The van der Waals surface area contributed by atoms with E-state index in [1.54, 1.807) is 45.0 Å². The molecule has 1 amide bonds. The number of allylic oxidation sites excluding steroid dienone is 2. The van der Waals surface area contributed by atoms with Crippen LogP contribution in [-0.4, -0.2) is 34.1 Å². The Morgan fingerprint density at radius 3 is 2.44 bits per heavy atom. The van der Waals surface area contributed by atoms with Crippen molar-refractivity contribution in [2.45, 2.75) is 32.5 Å². The van der Waals surface area contributed by atoms with Crippen LogP contribution in [0.5, 0.6) is 0 Å². The lowest BCUT2D eigenvalue weighted by Crippen LogP contribution is -2.30. The van der Waals surface area contributed by atoms with Gasteiger partial charge in [0, 0.05) is 5.57 Å². The molecule has 10 heteroatoms. The number of nitrogens with zero attached hydrogens (tertiary/aromatic N) is 3. The Labute approximate surface area is 153 Å². The van der Waals surface area contributed by atoms with E-state index in [0.717, 1.165) is 12.4 Å². The maximum Gasteiger partial charge on any atom is 0.431 e. The van der Waals surface area contributed by atoms with Gasteiger partial charge in [-0.3, -0.25) is 4.98 Å². The number of nitrogens with one attached hydrogen (secondary N) is 1. The molecule has 0 bridgehead atoms. The van der Waals surface area contributed by atoms with Crippen molar-refractivity contribution in [1.82, 2.24) is 15.4 Å². The number of ether oxygens (including phenoxy) is 1. The minimum atomic E-state index is -4.82. The third-order valence-corrected chi connectivity index (χ3v) is 3.07. The van der Waals surface area contributed by atoms with E-state index in [9.17, 15) is 18.0 Å². The number of hydrazone groups is 1. The second-order valence-electron chi connectivity index (χ2n) is 6.44. The highest BCUT2D eigenvalue weighted by Gasteiger charge is 2.34. The molecule has 0 radical (unpaired) electrons. The molecule has 0 aliphatic heterocycles. The molecule has 0 atom stereocenters. The van der Waals surface area contributed by atoms with E-state index < -0.39 is 29.1 Å². The minimum Gasteiger partial charge on any atom is -0.443 e. The van der Waals surface area contributed by atoms with Gasteiger partial charge in [0.1, 0.15) is 11.3 Å². The van der Waals surface area contributed by atoms with E-state index in [1.807, 2.05) is 5.43 Å². The lowest BCUT2D eigenvalue weighted by Gasteiger charge is -2.18. The van der Waals surface area contributed by atoms with Gasteiger partial charge in [0.05, 0.1) is 29.1 Å². The Morgan fingerprint density at radius 1 is 1.22 bits per heavy atom. The summed E-state index contributed by atoms with van der Waals surface area (Å²) in [5.74, 6) is 0. The first-order chi connectivity index (χ1) is 12.5. The summed E-state index contributed by atoms with van der Waals surface area (Å²) in [6.07, 6.45) is -3.84. The van der Waals surface area contributed by atoms with Crippen molar-refractivity contribution in [1.29, 1.82) is 0 Å². The molecule has 3 N–H and O–H groups in total. The number of benzene rings is 1. The minimum absolute atomic E-state index is 0.140. The van der Waals surface area contributed by atoms with Crippen molar-refractivity contribution in [3.05, 3.63) is 41.9 Å². The number of amides is 1. The first kappa shape index (κ1) is 20.1. The van der Waals surface area contributed by atoms with Gasteiger partial charge in [-0.1, -0.05) is 12.1 Å². The van der Waals surface area contributed by atoms with Crippen molar-refractivity contribution in [3.63, 3.8) is 0 Å². The molecule has 0 fully saturated rings. The van der Waals surface area contributed by atoms with E-state index in [1.165, 1.54) is 0 Å². The van der Waals surface area contributed by atoms with Gasteiger partial charge >= 0.3 is 12.3 Å². The highest BCUT2D eigenvalue weighted by molar-refractivity contribution is 6.10. The zero-order chi connectivity index (χ0) is 20.2. The number of aromatic nitrogens is 2. The number of rotatable bonds is 3. The van der Waals surface area contributed by atoms with Gasteiger partial charge < -0.3 is 10.5 Å². The monoisotopic (exact) mass is 381 g/mol. The first-order valence-electron chi connectivity index (χ1n) is 7.78. The zero-order valence-corrected chi connectivity index (χ0v) is 14.8. The molecular weight excluding hydrogens is 363 g/mol.